The van der Waals surface area contributed by atoms with E-state index in [4.69, 9.17) is 53.8 Å². The van der Waals surface area contributed by atoms with Crippen LogP contribution in [-0.4, -0.2) is 103 Å². The number of alkyl halides is 9. The zero-order valence-electron chi connectivity index (χ0n) is 51.2. The molecule has 0 radical (unpaired) electrons. The number of carbonyl (C=O) groups excluding carboxylic acids is 5. The lowest BCUT2D eigenvalue weighted by Gasteiger charge is -2.36. The van der Waals surface area contributed by atoms with Gasteiger partial charge in [0.15, 0.2) is 0 Å². The van der Waals surface area contributed by atoms with E-state index in [1.165, 1.54) is 48.7 Å². The lowest BCUT2D eigenvalue weighted by molar-refractivity contribution is -0.156. The van der Waals surface area contributed by atoms with Crippen molar-refractivity contribution in [3.05, 3.63) is 98.5 Å². The van der Waals surface area contributed by atoms with E-state index in [1.807, 2.05) is 19.2 Å². The number of nitrogens with zero attached hydrogens (tertiary/aromatic N) is 2. The molecule has 0 saturated heterocycles. The molecule has 0 unspecified atom stereocenters. The van der Waals surface area contributed by atoms with Gasteiger partial charge in [-0.1, -0.05) is 140 Å². The first-order chi connectivity index (χ1) is 39.6. The van der Waals surface area contributed by atoms with E-state index in [0.29, 0.717) is 24.1 Å². The van der Waals surface area contributed by atoms with Crippen molar-refractivity contribution in [3.63, 3.8) is 0 Å². The Balaban J connectivity index is 0.000000602. The summed E-state index contributed by atoms with van der Waals surface area (Å²) >= 11 is 19.8. The average Bonchev–Trinajstić information content (AvgIpc) is 1.86. The van der Waals surface area contributed by atoms with Crippen LogP contribution in [0.1, 0.15) is 149 Å². The van der Waals surface area contributed by atoms with Crippen LogP contribution < -0.4 is 0 Å². The highest BCUT2D eigenvalue weighted by Crippen LogP contribution is 2.39. The minimum absolute atomic E-state index is 0.166. The maximum Gasteiger partial charge on any atom is 0.508 e. The number of Topliss-reactive ketones (excluding diaryl/α,β-unsaturated/α-hetero) is 2. The van der Waals surface area contributed by atoms with Crippen LogP contribution in [-0.2, 0) is 44.5 Å². The van der Waals surface area contributed by atoms with Crippen LogP contribution in [0.2, 0.25) is 0 Å². The first-order valence-corrected chi connectivity index (χ1v) is 31.1. The number of esters is 2. The summed E-state index contributed by atoms with van der Waals surface area (Å²) in [6.45, 7) is 28.4. The maximum atomic E-state index is 13.9. The van der Waals surface area contributed by atoms with E-state index in [0.717, 1.165) is 27.9 Å². The number of hydrogen-bond acceptors (Lipinski definition) is 15. The van der Waals surface area contributed by atoms with Crippen LogP contribution in [0.5, 0.6) is 0 Å². The number of halogens is 9. The van der Waals surface area contributed by atoms with Gasteiger partial charge in [0.25, 0.3) is 0 Å². The molecule has 2 aromatic heterocycles. The van der Waals surface area contributed by atoms with Gasteiger partial charge in [-0.25, -0.2) is 14.8 Å². The Kier molecular flexibility index (Phi) is 31.2. The fraction of sp³-hybridized carbons (Fsp3) is 0.629. The van der Waals surface area contributed by atoms with Gasteiger partial charge in [0.1, 0.15) is 36.5 Å². The lowest BCUT2D eigenvalue weighted by Crippen LogP contribution is -2.45. The van der Waals surface area contributed by atoms with Gasteiger partial charge in [-0.3, -0.25) is 19.2 Å². The van der Waals surface area contributed by atoms with E-state index >= 15 is 0 Å². The van der Waals surface area contributed by atoms with Crippen LogP contribution in [0.4, 0.5) is 31.1 Å². The Morgan fingerprint density at radius 2 is 1.51 bits per heavy atom. The molecule has 2 aromatic rings. The highest BCUT2D eigenvalue weighted by Gasteiger charge is 2.45. The Morgan fingerprint density at radius 3 is 2.05 bits per heavy atom. The molecule has 484 valence electrons. The number of ether oxygens (including phenoxy) is 4. The summed E-state index contributed by atoms with van der Waals surface area (Å²) in [5.41, 5.74) is -2.19. The van der Waals surface area contributed by atoms with Crippen LogP contribution in [0.3, 0.4) is 0 Å². The molecule has 2 N–H and O–H groups in total. The number of cyclic esters (lactones) is 1. The van der Waals surface area contributed by atoms with E-state index < -0.39 is 129 Å². The molecule has 3 rings (SSSR count). The lowest BCUT2D eigenvalue weighted by atomic mass is 9.69. The molecule has 0 bridgehead atoms. The van der Waals surface area contributed by atoms with Gasteiger partial charge >= 0.3 is 30.4 Å². The fourth-order valence-corrected chi connectivity index (χ4v) is 10.9. The zero-order chi connectivity index (χ0) is 65.9. The number of aliphatic hydroxyl groups excluding tert-OH is 2. The predicted molar refractivity (Wildman–Crippen MR) is 327 cm³/mol. The van der Waals surface area contributed by atoms with Gasteiger partial charge in [0.2, 0.25) is 3.79 Å². The van der Waals surface area contributed by atoms with Gasteiger partial charge in [-0.15, -0.1) is 35.8 Å². The van der Waals surface area contributed by atoms with Crippen molar-refractivity contribution in [1.29, 1.82) is 0 Å². The first-order valence-electron chi connectivity index (χ1n) is 28.2. The van der Waals surface area contributed by atoms with Crippen LogP contribution in [0, 0.1) is 60.2 Å². The molecular formula is C62H85Cl3F6N2O11S2. The molecule has 24 heteroatoms. The summed E-state index contributed by atoms with van der Waals surface area (Å²) in [5.74, 6) is -5.58. The second kappa shape index (κ2) is 34.6. The highest BCUT2D eigenvalue weighted by atomic mass is 35.6. The smallest absolute Gasteiger partial charge is 0.462 e. The van der Waals surface area contributed by atoms with Crippen molar-refractivity contribution in [3.8, 4) is 0 Å². The summed E-state index contributed by atoms with van der Waals surface area (Å²) in [6.07, 6.45) is -6.93. The Bertz CT molecular complexity index is 2710. The van der Waals surface area contributed by atoms with E-state index in [-0.39, 0.29) is 56.1 Å². The topological polar surface area (TPSA) is 189 Å². The molecule has 13 nitrogen and oxygen atoms in total. The minimum Gasteiger partial charge on any atom is -0.462 e. The molecular weight excluding hydrogens is 1230 g/mol. The average molecular weight is 1320 g/mol. The molecule has 86 heavy (non-hydrogen) atoms. The molecule has 0 aromatic carbocycles. The van der Waals surface area contributed by atoms with Crippen molar-refractivity contribution < 1.29 is 79.5 Å². The van der Waals surface area contributed by atoms with Gasteiger partial charge in [-0.2, -0.15) is 26.3 Å². The Morgan fingerprint density at radius 1 is 0.895 bits per heavy atom. The molecule has 0 amide bonds. The first kappa shape index (κ1) is 77.7. The largest absolute Gasteiger partial charge is 0.508 e. The Hall–Kier alpha value is -4.38. The van der Waals surface area contributed by atoms with Crippen LogP contribution in [0.25, 0.3) is 6.08 Å². The quantitative estimate of drug-likeness (QED) is 0.0395. The van der Waals surface area contributed by atoms with E-state index in [9.17, 15) is 60.5 Å². The minimum atomic E-state index is -4.59. The standard InChI is InChI=1S/C34H47Cl3F3NO6S.C28H38F3NO5S/c1-10-12-20(3)29(47-31(44)45-19-33(35,36)37)23(6)30(43)32(8,9)22(5)17-28(42)46-27(15-14-25(13-11-2)34(38,39)40)21(4)16-26-18-48-24(7)41-26;1-16-9-7-8-10-20(28(29,30)31)11-12-22(17(2)13-21-15-38-19(4)32-21)37-24(34)14-23(33)27(5,6)26(36)18(3)25(16)35/h10-11,14,18,20-23,27,29H,1-2,12-13,15-17,19H2,3-9H3;7-8,11,13,15-16,18,22-23,25,33,35H,9-10,12,14H2,1-6H3/b25-14+;8-7+,17-13+,20-11+/t20-,21-,22-,23+,27-,29-;16-,18+,22-,23-,25-/m00/s1. The monoisotopic (exact) mass is 1320 g/mol. The molecule has 0 fully saturated rings. The van der Waals surface area contributed by atoms with E-state index in [1.54, 1.807) is 85.9 Å². The summed E-state index contributed by atoms with van der Waals surface area (Å²) in [7, 11) is 0. The van der Waals surface area contributed by atoms with Gasteiger partial charge in [0.05, 0.1) is 51.4 Å². The SMILES string of the molecule is C/C(=C\c1csc(C)n1)[C@@H]1C/C=C(/C(F)(F)F)C/C=C/C[C@H](C)[C@H](O)[C@@H](C)C(=O)C(C)(C)[C@@H](O)CC(=O)O1.C=CC/C(=C\C[C@H](OC(=O)C[C@H](C)C(C)(C)C(=O)[C@H](C)[C@@H](OC(=O)OCC(Cl)(Cl)Cl)[C@@H](C)CC=C)[C@@H](C)Cc1csc(C)n1)C(F)(F)F. The Labute approximate surface area is 525 Å². The molecule has 3 heterocycles. The number of rotatable bonds is 21. The van der Waals surface area contributed by atoms with Crippen molar-refractivity contribution in [2.24, 2.45) is 46.3 Å². The number of ketones is 2. The van der Waals surface area contributed by atoms with Crippen LogP contribution in [0.15, 0.2) is 77.1 Å². The molecule has 0 spiro atoms. The van der Waals surface area contributed by atoms with Gasteiger partial charge < -0.3 is 29.2 Å². The van der Waals surface area contributed by atoms with Crippen molar-refractivity contribution in [2.75, 3.05) is 6.61 Å². The second-order valence-corrected chi connectivity index (χ2v) is 28.0. The fourth-order valence-electron chi connectivity index (χ4n) is 9.53. The third kappa shape index (κ3) is 25.6. The normalized spacial score (nSPS) is 23.0. The summed E-state index contributed by atoms with van der Waals surface area (Å²) in [4.78, 5) is 74.5. The molecule has 1 aliphatic rings. The summed E-state index contributed by atoms with van der Waals surface area (Å²) in [5, 5.41) is 26.8. The number of allylic oxidation sites excluding steroid dienone is 6. The van der Waals surface area contributed by atoms with Crippen molar-refractivity contribution >= 4 is 93.2 Å². The number of carbonyl (C=O) groups is 5. The molecule has 1 aliphatic heterocycles. The van der Waals surface area contributed by atoms with Crippen LogP contribution >= 0.6 is 57.5 Å². The number of aliphatic hydroxyl groups is 2. The number of aryl methyl sites for hydroxylation is 2. The number of thiazole rings is 2. The number of aromatic nitrogens is 2. The molecule has 0 aliphatic carbocycles. The molecule has 11 atom stereocenters. The predicted octanol–water partition coefficient (Wildman–Crippen LogP) is 16.3. The number of hydrogen-bond donors (Lipinski definition) is 2. The third-order valence-electron chi connectivity index (χ3n) is 15.5. The van der Waals surface area contributed by atoms with Crippen molar-refractivity contribution in [1.82, 2.24) is 9.97 Å². The van der Waals surface area contributed by atoms with Gasteiger partial charge in [0, 0.05) is 52.5 Å². The summed E-state index contributed by atoms with van der Waals surface area (Å²) < 4.78 is 102. The zero-order valence-corrected chi connectivity index (χ0v) is 55.1. The summed E-state index contributed by atoms with van der Waals surface area (Å²) in [6, 6.07) is 0. The maximum absolute atomic E-state index is 13.9. The molecule has 0 saturated carbocycles. The van der Waals surface area contributed by atoms with Gasteiger partial charge in [-0.05, 0) is 88.2 Å². The third-order valence-corrected chi connectivity index (χ3v) is 17.4. The second-order valence-electron chi connectivity index (χ2n) is 23.3. The van der Waals surface area contributed by atoms with E-state index in [2.05, 4.69) is 23.1 Å². The highest BCUT2D eigenvalue weighted by molar-refractivity contribution is 7.09. The van der Waals surface area contributed by atoms with Crippen molar-refractivity contribution in [2.45, 2.75) is 194 Å².